The molecule has 0 aliphatic carbocycles. The molecule has 1 N–H and O–H groups in total. The van der Waals surface area contributed by atoms with Gasteiger partial charge in [-0.2, -0.15) is 13.2 Å². The molecule has 0 saturated carbocycles. The Hall–Kier alpha value is -1.21. The minimum atomic E-state index is -5.67. The monoisotopic (exact) mass is 249 g/mol. The van der Waals surface area contributed by atoms with Crippen LogP contribution in [0.3, 0.4) is 0 Å². The van der Waals surface area contributed by atoms with Gasteiger partial charge in [0, 0.05) is 5.57 Å². The summed E-state index contributed by atoms with van der Waals surface area (Å²) in [5.74, 6) is -5.77. The first-order chi connectivity index (χ1) is 6.98. The number of hydrogen-bond donors (Lipinski definition) is 1. The lowest BCUT2D eigenvalue weighted by atomic mass is 10.2. The molecule has 1 unspecified atom stereocenters. The summed E-state index contributed by atoms with van der Waals surface area (Å²) in [5.41, 5.74) is -0.168. The highest BCUT2D eigenvalue weighted by molar-refractivity contribution is 5.92. The summed E-state index contributed by atoms with van der Waals surface area (Å²) < 4.78 is 72.4. The van der Waals surface area contributed by atoms with Crippen LogP contribution in [0.5, 0.6) is 0 Å². The van der Waals surface area contributed by atoms with Crippen LogP contribution in [0.2, 0.25) is 0 Å². The van der Waals surface area contributed by atoms with E-state index in [-0.39, 0.29) is 5.57 Å². The topological polar surface area (TPSA) is 29.1 Å². The summed E-state index contributed by atoms with van der Waals surface area (Å²) in [6, 6.07) is 0. The van der Waals surface area contributed by atoms with Gasteiger partial charge in [0.25, 0.3) is 6.17 Å². The lowest BCUT2D eigenvalue weighted by Crippen LogP contribution is -2.49. The Kier molecular flexibility index (Phi) is 4.39. The lowest BCUT2D eigenvalue weighted by molar-refractivity contribution is -0.242. The first-order valence-corrected chi connectivity index (χ1v) is 4.01. The molecule has 0 spiro atoms. The van der Waals surface area contributed by atoms with E-state index in [9.17, 15) is 31.1 Å². The number of hydrogen-bond acceptors (Lipinski definition) is 1. The fraction of sp³-hybridized carbons (Fsp3) is 0.625. The first kappa shape index (κ1) is 14.8. The third-order valence-electron chi connectivity index (χ3n) is 1.53. The third-order valence-corrected chi connectivity index (χ3v) is 1.53. The number of rotatable bonds is 4. The van der Waals surface area contributed by atoms with Crippen LogP contribution >= 0.6 is 0 Å². The maximum absolute atomic E-state index is 12.6. The van der Waals surface area contributed by atoms with Crippen LogP contribution in [-0.4, -0.2) is 30.7 Å². The van der Waals surface area contributed by atoms with E-state index in [4.69, 9.17) is 0 Å². The van der Waals surface area contributed by atoms with E-state index in [0.29, 0.717) is 0 Å². The van der Waals surface area contributed by atoms with Gasteiger partial charge in [0.15, 0.2) is 0 Å². The van der Waals surface area contributed by atoms with Crippen molar-refractivity contribution in [2.24, 2.45) is 0 Å². The number of halogens is 6. The molecule has 0 heterocycles. The predicted molar refractivity (Wildman–Crippen MR) is 43.7 cm³/mol. The minimum Gasteiger partial charge on any atom is -0.346 e. The van der Waals surface area contributed by atoms with Crippen LogP contribution in [0, 0.1) is 0 Å². The van der Waals surface area contributed by atoms with Gasteiger partial charge < -0.3 is 5.32 Å². The van der Waals surface area contributed by atoms with Gasteiger partial charge in [-0.25, -0.2) is 13.2 Å². The van der Waals surface area contributed by atoms with Crippen molar-refractivity contribution in [1.82, 2.24) is 5.32 Å². The molecule has 0 bridgehead atoms. The average Bonchev–Trinajstić information content (AvgIpc) is 2.11. The molecule has 2 nitrogen and oxygen atoms in total. The van der Waals surface area contributed by atoms with Crippen LogP contribution in [0.1, 0.15) is 6.92 Å². The van der Waals surface area contributed by atoms with Gasteiger partial charge in [-0.1, -0.05) is 6.58 Å². The van der Waals surface area contributed by atoms with Gasteiger partial charge in [-0.05, 0) is 6.92 Å². The van der Waals surface area contributed by atoms with Crippen LogP contribution in [0.15, 0.2) is 12.2 Å². The molecule has 0 fully saturated rings. The molecule has 0 rings (SSSR count). The van der Waals surface area contributed by atoms with Crippen molar-refractivity contribution >= 4 is 5.91 Å². The quantitative estimate of drug-likeness (QED) is 0.600. The summed E-state index contributed by atoms with van der Waals surface area (Å²) in [5, 5.41) is 1.45. The van der Waals surface area contributed by atoms with E-state index in [1.165, 1.54) is 12.2 Å². The maximum Gasteiger partial charge on any atom is 0.425 e. The molecule has 0 aromatic rings. The van der Waals surface area contributed by atoms with E-state index in [1.807, 2.05) is 0 Å². The second kappa shape index (κ2) is 4.75. The zero-order valence-electron chi connectivity index (χ0n) is 8.17. The molecule has 0 aromatic heterocycles. The molecule has 1 amide bonds. The molecule has 0 radical (unpaired) electrons. The largest absolute Gasteiger partial charge is 0.425 e. The van der Waals surface area contributed by atoms with Crippen molar-refractivity contribution in [3.63, 3.8) is 0 Å². The van der Waals surface area contributed by atoms with Crippen molar-refractivity contribution in [2.45, 2.75) is 25.2 Å². The Morgan fingerprint density at radius 1 is 1.31 bits per heavy atom. The predicted octanol–water partition coefficient (Wildman–Crippen LogP) is 2.21. The Morgan fingerprint density at radius 3 is 2.06 bits per heavy atom. The van der Waals surface area contributed by atoms with Crippen molar-refractivity contribution in [3.8, 4) is 0 Å². The third kappa shape index (κ3) is 4.11. The second-order valence-electron chi connectivity index (χ2n) is 3.13. The molecular formula is C8H9F6NO. The zero-order chi connectivity index (χ0) is 13.1. The van der Waals surface area contributed by atoms with Crippen LogP contribution in [0.25, 0.3) is 0 Å². The normalized spacial score (nSPS) is 14.4. The van der Waals surface area contributed by atoms with Gasteiger partial charge >= 0.3 is 12.1 Å². The van der Waals surface area contributed by atoms with E-state index in [2.05, 4.69) is 6.58 Å². The zero-order valence-corrected chi connectivity index (χ0v) is 8.17. The van der Waals surface area contributed by atoms with E-state index in [1.54, 1.807) is 0 Å². The van der Waals surface area contributed by atoms with Gasteiger partial charge in [-0.15, -0.1) is 0 Å². The Balaban J connectivity index is 4.47. The van der Waals surface area contributed by atoms with Crippen molar-refractivity contribution < 1.29 is 31.1 Å². The van der Waals surface area contributed by atoms with E-state index < -0.39 is 30.7 Å². The summed E-state index contributed by atoms with van der Waals surface area (Å²) >= 11 is 0. The highest BCUT2D eigenvalue weighted by atomic mass is 19.4. The molecule has 0 saturated heterocycles. The SMILES string of the molecule is C=C(C)C(=O)NCC(F)(F)C(F)C(F)(F)F. The number of alkyl halides is 6. The molecule has 8 heteroatoms. The average molecular weight is 249 g/mol. The molecule has 0 aliphatic heterocycles. The van der Waals surface area contributed by atoms with Gasteiger partial charge in [0.1, 0.15) is 0 Å². The second-order valence-corrected chi connectivity index (χ2v) is 3.13. The highest BCUT2D eigenvalue weighted by Gasteiger charge is 2.56. The molecule has 94 valence electrons. The Morgan fingerprint density at radius 2 is 1.75 bits per heavy atom. The van der Waals surface area contributed by atoms with Crippen LogP contribution in [0.4, 0.5) is 26.3 Å². The van der Waals surface area contributed by atoms with Gasteiger partial charge in [0.05, 0.1) is 6.54 Å². The standard InChI is InChI=1S/C8H9F6NO/c1-4(2)5(16)15-3-7(10,11)6(9)8(12,13)14/h6H,1,3H2,2H3,(H,15,16). The maximum atomic E-state index is 12.6. The summed E-state index contributed by atoms with van der Waals surface area (Å²) in [6.07, 6.45) is -9.98. The smallest absolute Gasteiger partial charge is 0.346 e. The fourth-order valence-corrected chi connectivity index (χ4v) is 0.678. The van der Waals surface area contributed by atoms with Crippen LogP contribution in [-0.2, 0) is 4.79 Å². The molecule has 16 heavy (non-hydrogen) atoms. The number of amides is 1. The Bertz CT molecular complexity index is 285. The van der Waals surface area contributed by atoms with Crippen LogP contribution < -0.4 is 5.32 Å². The van der Waals surface area contributed by atoms with E-state index >= 15 is 0 Å². The number of nitrogens with one attached hydrogen (secondary N) is 1. The van der Waals surface area contributed by atoms with Gasteiger partial charge in [0.2, 0.25) is 5.91 Å². The molecule has 0 aliphatic rings. The van der Waals surface area contributed by atoms with Gasteiger partial charge in [-0.3, -0.25) is 4.79 Å². The van der Waals surface area contributed by atoms with E-state index in [0.717, 1.165) is 0 Å². The van der Waals surface area contributed by atoms with Crippen molar-refractivity contribution in [2.75, 3.05) is 6.54 Å². The molecule has 0 aromatic carbocycles. The molecular weight excluding hydrogens is 240 g/mol. The minimum absolute atomic E-state index is 0.168. The summed E-state index contributed by atoms with van der Waals surface area (Å²) in [7, 11) is 0. The fourth-order valence-electron chi connectivity index (χ4n) is 0.678. The molecule has 1 atom stereocenters. The van der Waals surface area contributed by atoms with Crippen molar-refractivity contribution in [1.29, 1.82) is 0 Å². The lowest BCUT2D eigenvalue weighted by Gasteiger charge is -2.22. The number of carbonyl (C=O) groups excluding carboxylic acids is 1. The van der Waals surface area contributed by atoms with Crippen molar-refractivity contribution in [3.05, 3.63) is 12.2 Å². The first-order valence-electron chi connectivity index (χ1n) is 4.01. The summed E-state index contributed by atoms with van der Waals surface area (Å²) in [6.45, 7) is 2.51. The Labute approximate surface area is 87.3 Å². The number of carbonyl (C=O) groups is 1. The summed E-state index contributed by atoms with van der Waals surface area (Å²) in [4.78, 5) is 10.7. The highest BCUT2D eigenvalue weighted by Crippen LogP contribution is 2.34.